The largest absolute Gasteiger partial charge is 0.392 e. The zero-order valence-electron chi connectivity index (χ0n) is 15.2. The number of ether oxygens (including phenoxy) is 1. The molecule has 1 spiro atoms. The van der Waals surface area contributed by atoms with E-state index in [0.717, 1.165) is 45.4 Å². The summed E-state index contributed by atoms with van der Waals surface area (Å²) in [6, 6.07) is 0.697. The topological polar surface area (TPSA) is 53.0 Å². The van der Waals surface area contributed by atoms with Crippen molar-refractivity contribution >= 4 is 5.91 Å². The van der Waals surface area contributed by atoms with E-state index in [0.29, 0.717) is 19.1 Å². The standard InChI is InChI=1S/C19H34N2O3/c1-24-13-9-18(23)21-11-5-10-19(15-21)14-20(12-8-17(19)22)16-6-3-2-4-7-16/h16-17,22H,2-15H2,1H3/t17?,19-/m1/s1. The molecular formula is C19H34N2O3. The van der Waals surface area contributed by atoms with E-state index in [9.17, 15) is 9.90 Å². The van der Waals surface area contributed by atoms with Crippen molar-refractivity contribution in [3.8, 4) is 0 Å². The normalized spacial score (nSPS) is 33.1. The second-order valence-electron chi connectivity index (χ2n) is 8.09. The fourth-order valence-corrected chi connectivity index (χ4v) is 5.06. The number of hydrogen-bond donors (Lipinski definition) is 1. The first kappa shape index (κ1) is 18.2. The Hall–Kier alpha value is -0.650. The molecule has 3 fully saturated rings. The van der Waals surface area contributed by atoms with Gasteiger partial charge in [0.1, 0.15) is 0 Å². The molecule has 2 saturated heterocycles. The predicted octanol–water partition coefficient (Wildman–Crippen LogP) is 2.03. The van der Waals surface area contributed by atoms with Crippen molar-refractivity contribution in [2.45, 2.75) is 69.9 Å². The van der Waals surface area contributed by atoms with E-state index in [1.807, 2.05) is 4.90 Å². The number of methoxy groups -OCH3 is 1. The van der Waals surface area contributed by atoms with Gasteiger partial charge in [0.05, 0.1) is 19.1 Å². The molecule has 2 atom stereocenters. The van der Waals surface area contributed by atoms with Gasteiger partial charge in [0.2, 0.25) is 5.91 Å². The number of carbonyl (C=O) groups is 1. The van der Waals surface area contributed by atoms with E-state index in [1.54, 1.807) is 7.11 Å². The van der Waals surface area contributed by atoms with Gasteiger partial charge >= 0.3 is 0 Å². The Morgan fingerprint density at radius 2 is 1.92 bits per heavy atom. The van der Waals surface area contributed by atoms with Gasteiger partial charge in [-0.1, -0.05) is 19.3 Å². The maximum Gasteiger partial charge on any atom is 0.224 e. The van der Waals surface area contributed by atoms with Gasteiger partial charge in [-0.25, -0.2) is 0 Å². The molecule has 1 saturated carbocycles. The van der Waals surface area contributed by atoms with Crippen molar-refractivity contribution in [3.05, 3.63) is 0 Å². The number of piperidine rings is 2. The van der Waals surface area contributed by atoms with E-state index >= 15 is 0 Å². The van der Waals surface area contributed by atoms with Gasteiger partial charge in [-0.2, -0.15) is 0 Å². The first-order chi connectivity index (χ1) is 11.6. The molecule has 0 aromatic carbocycles. The van der Waals surface area contributed by atoms with E-state index in [1.165, 1.54) is 32.1 Å². The molecule has 5 nitrogen and oxygen atoms in total. The molecule has 1 aliphatic carbocycles. The zero-order valence-corrected chi connectivity index (χ0v) is 15.2. The summed E-state index contributed by atoms with van der Waals surface area (Å²) in [7, 11) is 1.64. The van der Waals surface area contributed by atoms with Crippen molar-refractivity contribution in [3.63, 3.8) is 0 Å². The minimum absolute atomic E-state index is 0.114. The molecule has 5 heteroatoms. The SMILES string of the molecule is COCCC(=O)N1CCC[C@]2(C1)CN(C1CCCCC1)CCC2O. The Labute approximate surface area is 146 Å². The van der Waals surface area contributed by atoms with Crippen LogP contribution in [-0.2, 0) is 9.53 Å². The number of carbonyl (C=O) groups excluding carboxylic acids is 1. The van der Waals surface area contributed by atoms with Gasteiger partial charge in [0.25, 0.3) is 0 Å². The summed E-state index contributed by atoms with van der Waals surface area (Å²) in [6.45, 7) is 4.03. The minimum Gasteiger partial charge on any atom is -0.392 e. The Bertz CT molecular complexity index is 425. The van der Waals surface area contributed by atoms with E-state index < -0.39 is 0 Å². The lowest BCUT2D eigenvalue weighted by Crippen LogP contribution is -2.61. The van der Waals surface area contributed by atoms with Gasteiger partial charge in [0.15, 0.2) is 0 Å². The number of likely N-dealkylation sites (tertiary alicyclic amines) is 2. The van der Waals surface area contributed by atoms with E-state index in [2.05, 4.69) is 4.90 Å². The van der Waals surface area contributed by atoms with Crippen LogP contribution in [0.2, 0.25) is 0 Å². The van der Waals surface area contributed by atoms with Crippen molar-refractivity contribution in [2.24, 2.45) is 5.41 Å². The summed E-state index contributed by atoms with van der Waals surface area (Å²) < 4.78 is 5.05. The van der Waals surface area contributed by atoms with Crippen LogP contribution in [0.1, 0.15) is 57.8 Å². The van der Waals surface area contributed by atoms with Crippen LogP contribution in [0.3, 0.4) is 0 Å². The zero-order chi connectivity index (χ0) is 17.0. The molecule has 24 heavy (non-hydrogen) atoms. The number of hydrogen-bond acceptors (Lipinski definition) is 4. The molecule has 0 aromatic rings. The van der Waals surface area contributed by atoms with Crippen LogP contribution < -0.4 is 0 Å². The maximum absolute atomic E-state index is 12.4. The highest BCUT2D eigenvalue weighted by molar-refractivity contribution is 5.76. The summed E-state index contributed by atoms with van der Waals surface area (Å²) in [5.74, 6) is 0.179. The first-order valence-corrected chi connectivity index (χ1v) is 9.83. The summed E-state index contributed by atoms with van der Waals surface area (Å²) in [5, 5.41) is 10.8. The Balaban J connectivity index is 1.65. The van der Waals surface area contributed by atoms with E-state index in [-0.39, 0.29) is 17.4 Å². The highest BCUT2D eigenvalue weighted by Crippen LogP contribution is 2.40. The fraction of sp³-hybridized carbons (Fsp3) is 0.947. The lowest BCUT2D eigenvalue weighted by atomic mass is 9.71. The molecule has 1 unspecified atom stereocenters. The Morgan fingerprint density at radius 3 is 2.67 bits per heavy atom. The van der Waals surface area contributed by atoms with Crippen LogP contribution in [0.4, 0.5) is 0 Å². The van der Waals surface area contributed by atoms with Gasteiger partial charge in [-0.05, 0) is 32.1 Å². The lowest BCUT2D eigenvalue weighted by molar-refractivity contribution is -0.143. The molecule has 3 rings (SSSR count). The Morgan fingerprint density at radius 1 is 1.12 bits per heavy atom. The number of aliphatic hydroxyl groups is 1. The summed E-state index contributed by atoms with van der Waals surface area (Å²) in [6.07, 6.45) is 9.78. The van der Waals surface area contributed by atoms with Crippen LogP contribution in [0.15, 0.2) is 0 Å². The maximum atomic E-state index is 12.4. The molecule has 0 bridgehead atoms. The third-order valence-electron chi connectivity index (χ3n) is 6.49. The van der Waals surface area contributed by atoms with Crippen molar-refractivity contribution in [1.82, 2.24) is 9.80 Å². The highest BCUT2D eigenvalue weighted by Gasteiger charge is 2.47. The van der Waals surface area contributed by atoms with Crippen LogP contribution in [0, 0.1) is 5.41 Å². The average molecular weight is 338 g/mol. The average Bonchev–Trinajstić information content (AvgIpc) is 2.63. The smallest absolute Gasteiger partial charge is 0.224 e. The first-order valence-electron chi connectivity index (χ1n) is 9.83. The summed E-state index contributed by atoms with van der Waals surface area (Å²) in [4.78, 5) is 17.0. The second kappa shape index (κ2) is 8.15. The van der Waals surface area contributed by atoms with Crippen LogP contribution in [0.5, 0.6) is 0 Å². The quantitative estimate of drug-likeness (QED) is 0.852. The molecule has 3 aliphatic rings. The molecule has 0 radical (unpaired) electrons. The van der Waals surface area contributed by atoms with Crippen molar-refractivity contribution in [1.29, 1.82) is 0 Å². The van der Waals surface area contributed by atoms with E-state index in [4.69, 9.17) is 4.74 Å². The molecule has 138 valence electrons. The number of rotatable bonds is 4. The molecular weight excluding hydrogens is 304 g/mol. The number of aliphatic hydroxyl groups excluding tert-OH is 1. The van der Waals surface area contributed by atoms with Crippen molar-refractivity contribution < 1.29 is 14.6 Å². The highest BCUT2D eigenvalue weighted by atomic mass is 16.5. The monoisotopic (exact) mass is 338 g/mol. The van der Waals surface area contributed by atoms with Gasteiger partial charge in [0, 0.05) is 44.7 Å². The minimum atomic E-state index is -0.268. The van der Waals surface area contributed by atoms with Gasteiger partial charge in [-0.15, -0.1) is 0 Å². The molecule has 2 heterocycles. The molecule has 2 aliphatic heterocycles. The molecule has 1 N–H and O–H groups in total. The molecule has 1 amide bonds. The third kappa shape index (κ3) is 3.94. The number of amides is 1. The van der Waals surface area contributed by atoms with Crippen LogP contribution >= 0.6 is 0 Å². The summed E-state index contributed by atoms with van der Waals surface area (Å²) >= 11 is 0. The predicted molar refractivity (Wildman–Crippen MR) is 93.8 cm³/mol. The lowest BCUT2D eigenvalue weighted by Gasteiger charge is -2.53. The van der Waals surface area contributed by atoms with Crippen LogP contribution in [0.25, 0.3) is 0 Å². The molecule has 0 aromatic heterocycles. The third-order valence-corrected chi connectivity index (χ3v) is 6.49. The van der Waals surface area contributed by atoms with Crippen molar-refractivity contribution in [2.75, 3.05) is 39.9 Å². The second-order valence-corrected chi connectivity index (χ2v) is 8.09. The number of nitrogens with zero attached hydrogens (tertiary/aromatic N) is 2. The Kier molecular flexibility index (Phi) is 6.17. The fourth-order valence-electron chi connectivity index (χ4n) is 5.06. The van der Waals surface area contributed by atoms with Crippen LogP contribution in [-0.4, -0.2) is 72.9 Å². The summed E-state index contributed by atoms with van der Waals surface area (Å²) in [5.41, 5.74) is -0.114. The van der Waals surface area contributed by atoms with Gasteiger partial charge in [-0.3, -0.25) is 9.69 Å². The van der Waals surface area contributed by atoms with Gasteiger partial charge < -0.3 is 14.7 Å².